The molecule has 0 bridgehead atoms. The van der Waals surface area contributed by atoms with Gasteiger partial charge in [-0.05, 0) is 13.8 Å². The van der Waals surface area contributed by atoms with Gasteiger partial charge in [-0.2, -0.15) is 15.0 Å². The molecule has 17 heavy (non-hydrogen) atoms. The summed E-state index contributed by atoms with van der Waals surface area (Å²) in [5.74, 6) is 0.982. The molecule has 1 rings (SSSR count). The summed E-state index contributed by atoms with van der Waals surface area (Å²) in [5, 5.41) is 12.0. The van der Waals surface area contributed by atoms with Crippen molar-refractivity contribution >= 4 is 11.9 Å². The van der Waals surface area contributed by atoms with E-state index in [0.717, 1.165) is 6.54 Å². The lowest BCUT2D eigenvalue weighted by Crippen LogP contribution is -2.28. The number of likely N-dealkylation sites (N-methyl/N-ethyl adjacent to an activating group) is 1. The molecule has 2 N–H and O–H groups in total. The summed E-state index contributed by atoms with van der Waals surface area (Å²) in [5.41, 5.74) is 0. The second-order valence-corrected chi connectivity index (χ2v) is 3.28. The molecular weight excluding hydrogens is 222 g/mol. The van der Waals surface area contributed by atoms with Crippen molar-refractivity contribution in [1.29, 1.82) is 0 Å². The number of ether oxygens (including phenoxy) is 1. The normalized spacial score (nSPS) is 10.1. The standard InChI is InChI=1S/C10H19N5O2/c1-4-11-8-12-9(14-10(13-8)17-3)15(5-2)6-7-16/h16H,4-7H2,1-3H3,(H,11,12,13,14). The van der Waals surface area contributed by atoms with Gasteiger partial charge >= 0.3 is 6.01 Å². The zero-order valence-corrected chi connectivity index (χ0v) is 10.5. The molecule has 0 unspecified atom stereocenters. The molecule has 0 atom stereocenters. The van der Waals surface area contributed by atoms with Crippen LogP contribution in [0.25, 0.3) is 0 Å². The average Bonchev–Trinajstić information content (AvgIpc) is 2.35. The molecule has 7 heteroatoms. The van der Waals surface area contributed by atoms with Gasteiger partial charge in [0.15, 0.2) is 0 Å². The molecule has 0 spiro atoms. The van der Waals surface area contributed by atoms with Crippen molar-refractivity contribution in [1.82, 2.24) is 15.0 Å². The highest BCUT2D eigenvalue weighted by molar-refractivity contribution is 5.38. The van der Waals surface area contributed by atoms with E-state index in [4.69, 9.17) is 9.84 Å². The van der Waals surface area contributed by atoms with Gasteiger partial charge in [-0.3, -0.25) is 0 Å². The molecule has 0 saturated heterocycles. The first-order chi connectivity index (χ1) is 8.24. The van der Waals surface area contributed by atoms with Crippen molar-refractivity contribution in [2.45, 2.75) is 13.8 Å². The lowest BCUT2D eigenvalue weighted by molar-refractivity contribution is 0.301. The van der Waals surface area contributed by atoms with Gasteiger partial charge in [0.1, 0.15) is 0 Å². The van der Waals surface area contributed by atoms with E-state index in [1.165, 1.54) is 7.11 Å². The first kappa shape index (κ1) is 13.4. The minimum Gasteiger partial charge on any atom is -0.467 e. The van der Waals surface area contributed by atoms with Crippen LogP contribution in [0.4, 0.5) is 11.9 Å². The fraction of sp³-hybridized carbons (Fsp3) is 0.700. The van der Waals surface area contributed by atoms with Gasteiger partial charge in [0.05, 0.1) is 13.7 Å². The van der Waals surface area contributed by atoms with Crippen molar-refractivity contribution < 1.29 is 9.84 Å². The molecule has 0 radical (unpaired) electrons. The number of nitrogens with zero attached hydrogens (tertiary/aromatic N) is 4. The molecule has 0 aliphatic heterocycles. The lowest BCUT2D eigenvalue weighted by Gasteiger charge is -2.20. The van der Waals surface area contributed by atoms with Crippen LogP contribution in [0.3, 0.4) is 0 Å². The Hall–Kier alpha value is -1.63. The highest BCUT2D eigenvalue weighted by Crippen LogP contribution is 2.14. The van der Waals surface area contributed by atoms with Gasteiger partial charge < -0.3 is 20.1 Å². The van der Waals surface area contributed by atoms with Crippen molar-refractivity contribution in [3.63, 3.8) is 0 Å². The van der Waals surface area contributed by atoms with E-state index in [9.17, 15) is 0 Å². The van der Waals surface area contributed by atoms with Crippen LogP contribution in [0, 0.1) is 0 Å². The maximum absolute atomic E-state index is 8.97. The second kappa shape index (κ2) is 6.85. The first-order valence-corrected chi connectivity index (χ1v) is 5.64. The summed E-state index contributed by atoms with van der Waals surface area (Å²) >= 11 is 0. The first-order valence-electron chi connectivity index (χ1n) is 5.64. The number of hydrogen-bond donors (Lipinski definition) is 2. The predicted molar refractivity (Wildman–Crippen MR) is 65.5 cm³/mol. The maximum Gasteiger partial charge on any atom is 0.322 e. The van der Waals surface area contributed by atoms with Crippen LogP contribution in [0.5, 0.6) is 6.01 Å². The van der Waals surface area contributed by atoms with Gasteiger partial charge in [0, 0.05) is 19.6 Å². The number of aromatic nitrogens is 3. The van der Waals surface area contributed by atoms with Gasteiger partial charge in [0.25, 0.3) is 0 Å². The Morgan fingerprint density at radius 3 is 2.59 bits per heavy atom. The van der Waals surface area contributed by atoms with E-state index in [0.29, 0.717) is 25.0 Å². The fourth-order valence-electron chi connectivity index (χ4n) is 1.34. The number of rotatable bonds is 7. The molecule has 1 aromatic rings. The summed E-state index contributed by atoms with van der Waals surface area (Å²) in [7, 11) is 1.51. The summed E-state index contributed by atoms with van der Waals surface area (Å²) in [6.07, 6.45) is 0. The van der Waals surface area contributed by atoms with E-state index < -0.39 is 0 Å². The number of nitrogens with one attached hydrogen (secondary N) is 1. The largest absolute Gasteiger partial charge is 0.467 e. The van der Waals surface area contributed by atoms with E-state index >= 15 is 0 Å². The number of methoxy groups -OCH3 is 1. The van der Waals surface area contributed by atoms with Crippen molar-refractivity contribution in [2.24, 2.45) is 0 Å². The third-order valence-corrected chi connectivity index (χ3v) is 2.16. The minimum absolute atomic E-state index is 0.0539. The molecular formula is C10H19N5O2. The van der Waals surface area contributed by atoms with Crippen LogP contribution >= 0.6 is 0 Å². The summed E-state index contributed by atoms with van der Waals surface area (Å²) < 4.78 is 5.02. The van der Waals surface area contributed by atoms with Crippen LogP contribution in [0.15, 0.2) is 0 Å². The van der Waals surface area contributed by atoms with Crippen LogP contribution in [0.2, 0.25) is 0 Å². The molecule has 0 fully saturated rings. The molecule has 0 amide bonds. The third kappa shape index (κ3) is 3.70. The average molecular weight is 241 g/mol. The molecule has 1 heterocycles. The molecule has 0 aliphatic carbocycles. The number of anilines is 2. The maximum atomic E-state index is 8.97. The Morgan fingerprint density at radius 1 is 1.29 bits per heavy atom. The third-order valence-electron chi connectivity index (χ3n) is 2.16. The Bertz CT molecular complexity index is 347. The fourth-order valence-corrected chi connectivity index (χ4v) is 1.34. The Balaban J connectivity index is 2.99. The van der Waals surface area contributed by atoms with Crippen LogP contribution in [-0.4, -0.2) is 53.4 Å². The minimum atomic E-state index is 0.0539. The zero-order valence-electron chi connectivity index (χ0n) is 10.5. The van der Waals surface area contributed by atoms with Crippen molar-refractivity contribution in [3.05, 3.63) is 0 Å². The van der Waals surface area contributed by atoms with Crippen LogP contribution in [-0.2, 0) is 0 Å². The smallest absolute Gasteiger partial charge is 0.322 e. The van der Waals surface area contributed by atoms with Gasteiger partial charge in [0.2, 0.25) is 11.9 Å². The molecule has 0 aliphatic rings. The van der Waals surface area contributed by atoms with Gasteiger partial charge in [-0.1, -0.05) is 0 Å². The molecule has 7 nitrogen and oxygen atoms in total. The van der Waals surface area contributed by atoms with Crippen molar-refractivity contribution in [3.8, 4) is 6.01 Å². The predicted octanol–water partition coefficient (Wildman–Crippen LogP) is 0.131. The Morgan fingerprint density at radius 2 is 2.06 bits per heavy atom. The summed E-state index contributed by atoms with van der Waals surface area (Å²) in [6, 6.07) is 0.266. The Kier molecular flexibility index (Phi) is 5.41. The van der Waals surface area contributed by atoms with Gasteiger partial charge in [-0.25, -0.2) is 0 Å². The summed E-state index contributed by atoms with van der Waals surface area (Å²) in [4.78, 5) is 14.3. The highest BCUT2D eigenvalue weighted by Gasteiger charge is 2.11. The Labute approximate surface area is 101 Å². The summed E-state index contributed by atoms with van der Waals surface area (Å²) in [6.45, 7) is 5.89. The van der Waals surface area contributed by atoms with Gasteiger partial charge in [-0.15, -0.1) is 0 Å². The zero-order chi connectivity index (χ0) is 12.7. The monoisotopic (exact) mass is 241 g/mol. The quantitative estimate of drug-likeness (QED) is 0.702. The number of aliphatic hydroxyl groups is 1. The van der Waals surface area contributed by atoms with Crippen molar-refractivity contribution in [2.75, 3.05) is 43.6 Å². The number of aliphatic hydroxyl groups excluding tert-OH is 1. The molecule has 1 aromatic heterocycles. The topological polar surface area (TPSA) is 83.4 Å². The van der Waals surface area contributed by atoms with E-state index in [1.807, 2.05) is 18.7 Å². The molecule has 0 aromatic carbocycles. The number of hydrogen-bond acceptors (Lipinski definition) is 7. The SMILES string of the molecule is CCNc1nc(OC)nc(N(CC)CCO)n1. The highest BCUT2D eigenvalue weighted by atomic mass is 16.5. The lowest BCUT2D eigenvalue weighted by atomic mass is 10.5. The second-order valence-electron chi connectivity index (χ2n) is 3.28. The van der Waals surface area contributed by atoms with E-state index in [-0.39, 0.29) is 12.6 Å². The molecule has 0 saturated carbocycles. The van der Waals surface area contributed by atoms with Crippen LogP contribution < -0.4 is 15.0 Å². The van der Waals surface area contributed by atoms with E-state index in [2.05, 4.69) is 20.3 Å². The van der Waals surface area contributed by atoms with Crippen LogP contribution in [0.1, 0.15) is 13.8 Å². The van der Waals surface area contributed by atoms with E-state index in [1.54, 1.807) is 0 Å². The molecule has 96 valence electrons.